The van der Waals surface area contributed by atoms with Crippen molar-refractivity contribution in [2.24, 2.45) is 10.7 Å². The summed E-state index contributed by atoms with van der Waals surface area (Å²) in [6.07, 6.45) is 3.90. The zero-order valence-corrected chi connectivity index (χ0v) is 8.17. The molecule has 1 atom stereocenters. The van der Waals surface area contributed by atoms with Crippen LogP contribution in [-0.2, 0) is 9.53 Å². The average molecular weight is 184 g/mol. The van der Waals surface area contributed by atoms with E-state index >= 15 is 0 Å². The SMILES string of the molecule is CCCCCC1(C)OC(N)=NC1=O. The van der Waals surface area contributed by atoms with E-state index in [0.29, 0.717) is 6.42 Å². The molecule has 1 rings (SSSR count). The van der Waals surface area contributed by atoms with Gasteiger partial charge in [0.15, 0.2) is 5.60 Å². The Morgan fingerprint density at radius 3 is 2.69 bits per heavy atom. The summed E-state index contributed by atoms with van der Waals surface area (Å²) in [4.78, 5) is 14.9. The number of hydrogen-bond acceptors (Lipinski definition) is 3. The number of unbranched alkanes of at least 4 members (excludes halogenated alkanes) is 2. The van der Waals surface area contributed by atoms with Crippen LogP contribution in [0.25, 0.3) is 0 Å². The van der Waals surface area contributed by atoms with E-state index in [1.807, 2.05) is 0 Å². The highest BCUT2D eigenvalue weighted by molar-refractivity contribution is 6.00. The van der Waals surface area contributed by atoms with Crippen molar-refractivity contribution < 1.29 is 9.53 Å². The Hall–Kier alpha value is -1.06. The van der Waals surface area contributed by atoms with Gasteiger partial charge in [0, 0.05) is 0 Å². The topological polar surface area (TPSA) is 64.7 Å². The van der Waals surface area contributed by atoms with Gasteiger partial charge in [0.2, 0.25) is 0 Å². The van der Waals surface area contributed by atoms with Gasteiger partial charge < -0.3 is 10.5 Å². The number of aliphatic imine (C=N–C) groups is 1. The molecule has 74 valence electrons. The maximum atomic E-state index is 11.3. The second kappa shape index (κ2) is 3.77. The molecule has 0 spiro atoms. The molecule has 1 heterocycles. The Balaban J connectivity index is 2.45. The third-order valence-electron chi connectivity index (χ3n) is 2.25. The van der Waals surface area contributed by atoms with Crippen molar-refractivity contribution >= 4 is 11.9 Å². The van der Waals surface area contributed by atoms with Gasteiger partial charge in [0.05, 0.1) is 0 Å². The summed E-state index contributed by atoms with van der Waals surface area (Å²) < 4.78 is 5.19. The third-order valence-corrected chi connectivity index (χ3v) is 2.25. The normalized spacial score (nSPS) is 27.2. The van der Waals surface area contributed by atoms with E-state index in [2.05, 4.69) is 11.9 Å². The predicted molar refractivity (Wildman–Crippen MR) is 50.3 cm³/mol. The minimum Gasteiger partial charge on any atom is -0.449 e. The van der Waals surface area contributed by atoms with Crippen LogP contribution in [0.5, 0.6) is 0 Å². The summed E-state index contributed by atoms with van der Waals surface area (Å²) in [7, 11) is 0. The monoisotopic (exact) mass is 184 g/mol. The number of nitrogens with zero attached hydrogens (tertiary/aromatic N) is 1. The number of hydrogen-bond donors (Lipinski definition) is 1. The van der Waals surface area contributed by atoms with Gasteiger partial charge in [0.25, 0.3) is 11.9 Å². The van der Waals surface area contributed by atoms with Crippen LogP contribution in [0.4, 0.5) is 0 Å². The lowest BCUT2D eigenvalue weighted by atomic mass is 9.98. The molecule has 0 saturated heterocycles. The molecule has 1 unspecified atom stereocenters. The van der Waals surface area contributed by atoms with Crippen molar-refractivity contribution in [3.05, 3.63) is 0 Å². The van der Waals surface area contributed by atoms with Crippen molar-refractivity contribution in [1.82, 2.24) is 0 Å². The molecule has 1 aliphatic rings. The first-order valence-electron chi connectivity index (χ1n) is 4.66. The lowest BCUT2D eigenvalue weighted by Crippen LogP contribution is -2.34. The molecule has 1 aliphatic heterocycles. The van der Waals surface area contributed by atoms with E-state index in [4.69, 9.17) is 10.5 Å². The Morgan fingerprint density at radius 1 is 1.54 bits per heavy atom. The fourth-order valence-electron chi connectivity index (χ4n) is 1.39. The zero-order chi connectivity index (χ0) is 9.90. The second-order valence-electron chi connectivity index (χ2n) is 3.55. The number of ether oxygens (including phenoxy) is 1. The average Bonchev–Trinajstić information content (AvgIpc) is 2.27. The molecule has 4 heteroatoms. The quantitative estimate of drug-likeness (QED) is 0.667. The van der Waals surface area contributed by atoms with Crippen LogP contribution in [0.1, 0.15) is 39.5 Å². The summed E-state index contributed by atoms with van der Waals surface area (Å²) in [6, 6.07) is 0.00370. The van der Waals surface area contributed by atoms with Gasteiger partial charge in [-0.05, 0) is 19.8 Å². The van der Waals surface area contributed by atoms with Crippen molar-refractivity contribution in [1.29, 1.82) is 0 Å². The fraction of sp³-hybridized carbons (Fsp3) is 0.778. The summed E-state index contributed by atoms with van der Waals surface area (Å²) in [5.74, 6) is -0.249. The number of carbonyl (C=O) groups excluding carboxylic acids is 1. The van der Waals surface area contributed by atoms with Gasteiger partial charge in [-0.15, -0.1) is 0 Å². The Morgan fingerprint density at radius 2 is 2.23 bits per heavy atom. The first kappa shape index (κ1) is 10.0. The molecule has 0 aromatic carbocycles. The van der Waals surface area contributed by atoms with Gasteiger partial charge in [-0.3, -0.25) is 4.79 Å². The van der Waals surface area contributed by atoms with Crippen LogP contribution in [-0.4, -0.2) is 17.5 Å². The van der Waals surface area contributed by atoms with Crippen molar-refractivity contribution in [2.75, 3.05) is 0 Å². The highest BCUT2D eigenvalue weighted by Crippen LogP contribution is 2.25. The van der Waals surface area contributed by atoms with Crippen LogP contribution >= 0.6 is 0 Å². The molecular weight excluding hydrogens is 168 g/mol. The maximum absolute atomic E-state index is 11.3. The minimum atomic E-state index is -0.792. The standard InChI is InChI=1S/C9H16N2O2/c1-3-4-5-6-9(2)7(12)11-8(10)13-9/h3-6H2,1-2H3,(H2,10,11,12). The minimum absolute atomic E-state index is 0.00370. The van der Waals surface area contributed by atoms with Gasteiger partial charge >= 0.3 is 0 Å². The second-order valence-corrected chi connectivity index (χ2v) is 3.55. The molecule has 13 heavy (non-hydrogen) atoms. The van der Waals surface area contributed by atoms with Gasteiger partial charge in [0.1, 0.15) is 0 Å². The van der Waals surface area contributed by atoms with Crippen LogP contribution < -0.4 is 5.73 Å². The van der Waals surface area contributed by atoms with Crippen LogP contribution in [0.3, 0.4) is 0 Å². The first-order valence-corrected chi connectivity index (χ1v) is 4.66. The molecule has 0 aromatic heterocycles. The van der Waals surface area contributed by atoms with Crippen molar-refractivity contribution in [3.63, 3.8) is 0 Å². The Bertz CT molecular complexity index is 238. The first-order chi connectivity index (χ1) is 6.08. The van der Waals surface area contributed by atoms with E-state index < -0.39 is 5.60 Å². The smallest absolute Gasteiger partial charge is 0.294 e. The predicted octanol–water partition coefficient (Wildman–Crippen LogP) is 1.20. The van der Waals surface area contributed by atoms with Crippen LogP contribution in [0.15, 0.2) is 4.99 Å². The van der Waals surface area contributed by atoms with E-state index in [9.17, 15) is 4.79 Å². The van der Waals surface area contributed by atoms with E-state index in [1.165, 1.54) is 0 Å². The molecule has 1 amide bonds. The van der Waals surface area contributed by atoms with Gasteiger partial charge in [-0.2, -0.15) is 4.99 Å². The van der Waals surface area contributed by atoms with Gasteiger partial charge in [-0.25, -0.2) is 0 Å². The Kier molecular flexibility index (Phi) is 2.90. The largest absolute Gasteiger partial charge is 0.449 e. The number of amidine groups is 1. The summed E-state index contributed by atoms with van der Waals surface area (Å²) in [5.41, 5.74) is 4.52. The maximum Gasteiger partial charge on any atom is 0.294 e. The molecule has 0 radical (unpaired) electrons. The third kappa shape index (κ3) is 2.20. The summed E-state index contributed by atoms with van der Waals surface area (Å²) in [6.45, 7) is 3.86. The van der Waals surface area contributed by atoms with E-state index in [1.54, 1.807) is 6.92 Å². The number of rotatable bonds is 4. The lowest BCUT2D eigenvalue weighted by Gasteiger charge is -2.20. The number of carbonyl (C=O) groups is 1. The van der Waals surface area contributed by atoms with Crippen molar-refractivity contribution in [3.8, 4) is 0 Å². The molecular formula is C9H16N2O2. The van der Waals surface area contributed by atoms with Crippen LogP contribution in [0.2, 0.25) is 0 Å². The van der Waals surface area contributed by atoms with Crippen LogP contribution in [0, 0.1) is 0 Å². The van der Waals surface area contributed by atoms with Crippen molar-refractivity contribution in [2.45, 2.75) is 45.1 Å². The molecule has 0 bridgehead atoms. The number of amides is 1. The summed E-state index contributed by atoms with van der Waals surface area (Å²) >= 11 is 0. The number of nitrogens with two attached hydrogens (primary N) is 1. The molecule has 0 aromatic rings. The summed E-state index contributed by atoms with van der Waals surface area (Å²) in [5, 5.41) is 0. The molecule has 2 N–H and O–H groups in total. The van der Waals surface area contributed by atoms with E-state index in [0.717, 1.165) is 19.3 Å². The molecule has 4 nitrogen and oxygen atoms in total. The fourth-order valence-corrected chi connectivity index (χ4v) is 1.39. The lowest BCUT2D eigenvalue weighted by molar-refractivity contribution is -0.130. The molecule has 0 fully saturated rings. The molecule has 0 saturated carbocycles. The zero-order valence-electron chi connectivity index (χ0n) is 8.17. The Labute approximate surface area is 78.2 Å². The van der Waals surface area contributed by atoms with Gasteiger partial charge in [-0.1, -0.05) is 19.8 Å². The highest BCUT2D eigenvalue weighted by atomic mass is 16.5. The molecule has 0 aliphatic carbocycles. The van der Waals surface area contributed by atoms with E-state index in [-0.39, 0.29) is 11.9 Å². The highest BCUT2D eigenvalue weighted by Gasteiger charge is 2.40.